The molecule has 4 heterocycles. The van der Waals surface area contributed by atoms with Gasteiger partial charge >= 0.3 is 0 Å². The Labute approximate surface area is 166 Å². The summed E-state index contributed by atoms with van der Waals surface area (Å²) in [5, 5.41) is 16.2. The highest BCUT2D eigenvalue weighted by Crippen LogP contribution is 2.25. The average molecular weight is 400 g/mol. The van der Waals surface area contributed by atoms with Crippen molar-refractivity contribution in [3.8, 4) is 11.4 Å². The molecule has 0 aliphatic carbocycles. The van der Waals surface area contributed by atoms with E-state index < -0.39 is 6.67 Å². The Hall–Kier alpha value is -3.14. The first kappa shape index (κ1) is 19.2. The number of alkyl halides is 1. The fraction of sp³-hybridized carbons (Fsp3) is 0.421. The van der Waals surface area contributed by atoms with Gasteiger partial charge in [0.25, 0.3) is 5.56 Å². The van der Waals surface area contributed by atoms with Gasteiger partial charge in [-0.3, -0.25) is 4.79 Å². The van der Waals surface area contributed by atoms with Gasteiger partial charge in [0.05, 0.1) is 30.2 Å². The van der Waals surface area contributed by atoms with E-state index in [-0.39, 0.29) is 24.0 Å². The molecular weight excluding hydrogens is 379 g/mol. The van der Waals surface area contributed by atoms with Crippen LogP contribution in [0.1, 0.15) is 23.9 Å². The fourth-order valence-corrected chi connectivity index (χ4v) is 3.19. The molecule has 0 atom stereocenters. The predicted octanol–water partition coefficient (Wildman–Crippen LogP) is 1.74. The number of aryl methyl sites for hydroxylation is 1. The van der Waals surface area contributed by atoms with Crippen LogP contribution in [0.3, 0.4) is 0 Å². The first-order valence-corrected chi connectivity index (χ1v) is 9.36. The van der Waals surface area contributed by atoms with Crippen LogP contribution in [0.2, 0.25) is 0 Å². The van der Waals surface area contributed by atoms with Crippen molar-refractivity contribution in [1.29, 1.82) is 0 Å². The number of nitrogens with zero attached hydrogens (tertiary/aromatic N) is 6. The lowest BCUT2D eigenvalue weighted by atomic mass is 10.1. The summed E-state index contributed by atoms with van der Waals surface area (Å²) in [6.45, 7) is 5.07. The van der Waals surface area contributed by atoms with Crippen LogP contribution in [0, 0.1) is 6.92 Å². The van der Waals surface area contributed by atoms with E-state index in [1.54, 1.807) is 18.3 Å². The van der Waals surface area contributed by atoms with E-state index in [0.29, 0.717) is 23.6 Å². The Balaban J connectivity index is 1.57. The lowest BCUT2D eigenvalue weighted by Crippen LogP contribution is -2.52. The van der Waals surface area contributed by atoms with Crippen LogP contribution < -0.4 is 10.5 Å². The SMILES string of the molecule is CCOC1CN(c2cnn(Cc3c(-c4ccc(C)nn4)noc3CF)c(=O)c2)C1. The van der Waals surface area contributed by atoms with Crippen LogP contribution >= 0.6 is 0 Å². The molecule has 1 aliphatic rings. The van der Waals surface area contributed by atoms with E-state index in [4.69, 9.17) is 9.26 Å². The van der Waals surface area contributed by atoms with E-state index >= 15 is 0 Å². The Kier molecular flexibility index (Phi) is 5.34. The third-order valence-electron chi connectivity index (χ3n) is 4.81. The van der Waals surface area contributed by atoms with Gasteiger partial charge in [0.1, 0.15) is 11.4 Å². The number of rotatable bonds is 7. The number of hydrogen-bond donors (Lipinski definition) is 0. The minimum atomic E-state index is -0.846. The molecule has 0 unspecified atom stereocenters. The second kappa shape index (κ2) is 8.08. The Morgan fingerprint density at radius 3 is 2.79 bits per heavy atom. The van der Waals surface area contributed by atoms with Crippen molar-refractivity contribution in [3.05, 3.63) is 51.8 Å². The summed E-state index contributed by atoms with van der Waals surface area (Å²) < 4.78 is 25.3. The van der Waals surface area contributed by atoms with Crippen LogP contribution in [0.4, 0.5) is 10.1 Å². The largest absolute Gasteiger partial charge is 0.375 e. The molecule has 3 aromatic heterocycles. The molecule has 0 aromatic carbocycles. The van der Waals surface area contributed by atoms with Gasteiger partial charge in [0, 0.05) is 31.3 Å². The van der Waals surface area contributed by atoms with Gasteiger partial charge in [-0.1, -0.05) is 5.16 Å². The first-order chi connectivity index (χ1) is 14.1. The summed E-state index contributed by atoms with van der Waals surface area (Å²) in [6.07, 6.45) is 1.81. The third kappa shape index (κ3) is 3.88. The quantitative estimate of drug-likeness (QED) is 0.591. The van der Waals surface area contributed by atoms with Gasteiger partial charge in [0.15, 0.2) is 12.4 Å². The molecule has 0 saturated carbocycles. The van der Waals surface area contributed by atoms with Crippen molar-refractivity contribution >= 4 is 5.69 Å². The third-order valence-corrected chi connectivity index (χ3v) is 4.81. The van der Waals surface area contributed by atoms with Crippen LogP contribution in [-0.2, 0) is 18.0 Å². The maximum absolute atomic E-state index is 13.4. The molecule has 3 aromatic rings. The van der Waals surface area contributed by atoms with Crippen molar-refractivity contribution in [2.45, 2.75) is 33.2 Å². The molecule has 152 valence electrons. The average Bonchev–Trinajstić information content (AvgIpc) is 3.09. The molecule has 0 radical (unpaired) electrons. The second-order valence-corrected chi connectivity index (χ2v) is 6.82. The molecule has 9 nitrogen and oxygen atoms in total. The molecule has 29 heavy (non-hydrogen) atoms. The minimum Gasteiger partial charge on any atom is -0.375 e. The van der Waals surface area contributed by atoms with E-state index in [9.17, 15) is 9.18 Å². The summed E-state index contributed by atoms with van der Waals surface area (Å²) in [7, 11) is 0. The highest BCUT2D eigenvalue weighted by molar-refractivity contribution is 5.58. The summed E-state index contributed by atoms with van der Waals surface area (Å²) >= 11 is 0. The number of anilines is 1. The maximum atomic E-state index is 13.4. The fourth-order valence-electron chi connectivity index (χ4n) is 3.19. The normalized spacial score (nSPS) is 14.2. The van der Waals surface area contributed by atoms with Gasteiger partial charge < -0.3 is 14.2 Å². The van der Waals surface area contributed by atoms with E-state index in [1.165, 1.54) is 10.7 Å². The lowest BCUT2D eigenvalue weighted by Gasteiger charge is -2.40. The number of hydrogen-bond acceptors (Lipinski definition) is 8. The van der Waals surface area contributed by atoms with E-state index in [0.717, 1.165) is 24.5 Å². The molecule has 1 fully saturated rings. The predicted molar refractivity (Wildman–Crippen MR) is 102 cm³/mol. The maximum Gasteiger partial charge on any atom is 0.269 e. The highest BCUT2D eigenvalue weighted by atomic mass is 19.1. The van der Waals surface area contributed by atoms with Gasteiger partial charge in [-0.15, -0.1) is 5.10 Å². The molecular formula is C19H21FN6O3. The molecule has 1 aliphatic heterocycles. The zero-order valence-corrected chi connectivity index (χ0v) is 16.2. The van der Waals surface area contributed by atoms with Crippen molar-refractivity contribution in [2.24, 2.45) is 0 Å². The zero-order chi connectivity index (χ0) is 20.4. The Bertz CT molecular complexity index is 1040. The molecule has 0 bridgehead atoms. The number of halogens is 1. The van der Waals surface area contributed by atoms with Crippen LogP contribution in [0.5, 0.6) is 0 Å². The summed E-state index contributed by atoms with van der Waals surface area (Å²) in [4.78, 5) is 14.6. The second-order valence-electron chi connectivity index (χ2n) is 6.82. The van der Waals surface area contributed by atoms with Crippen molar-refractivity contribution in [2.75, 3.05) is 24.6 Å². The molecule has 0 spiro atoms. The van der Waals surface area contributed by atoms with Crippen molar-refractivity contribution in [1.82, 2.24) is 25.1 Å². The smallest absolute Gasteiger partial charge is 0.269 e. The van der Waals surface area contributed by atoms with Crippen LogP contribution in [-0.4, -0.2) is 50.9 Å². The van der Waals surface area contributed by atoms with Gasteiger partial charge in [0.2, 0.25) is 0 Å². The summed E-state index contributed by atoms with van der Waals surface area (Å²) in [5.41, 5.74) is 2.41. The lowest BCUT2D eigenvalue weighted by molar-refractivity contribution is 0.0430. The molecule has 0 amide bonds. The van der Waals surface area contributed by atoms with Gasteiger partial charge in [-0.05, 0) is 26.0 Å². The molecule has 1 saturated heterocycles. The standard InChI is InChI=1S/C19H21FN6O3/c1-3-28-14-9-25(10-14)13-6-18(27)26(21-8-13)11-15-17(7-20)29-24-19(15)16-5-4-12(2)22-23-16/h4-6,8,14H,3,7,9-11H2,1-2H3. The van der Waals surface area contributed by atoms with Crippen LogP contribution in [0.15, 0.2) is 33.7 Å². The molecule has 10 heteroatoms. The van der Waals surface area contributed by atoms with Crippen molar-refractivity contribution < 1.29 is 13.7 Å². The van der Waals surface area contributed by atoms with Crippen LogP contribution in [0.25, 0.3) is 11.4 Å². The Morgan fingerprint density at radius 2 is 2.14 bits per heavy atom. The van der Waals surface area contributed by atoms with Gasteiger partial charge in [-0.2, -0.15) is 10.2 Å². The summed E-state index contributed by atoms with van der Waals surface area (Å²) in [6, 6.07) is 5.02. The summed E-state index contributed by atoms with van der Waals surface area (Å²) in [5.74, 6) is 0.0439. The zero-order valence-electron chi connectivity index (χ0n) is 16.2. The Morgan fingerprint density at radius 1 is 1.31 bits per heavy atom. The van der Waals surface area contributed by atoms with E-state index in [1.807, 2.05) is 18.7 Å². The van der Waals surface area contributed by atoms with Gasteiger partial charge in [-0.25, -0.2) is 9.07 Å². The minimum absolute atomic E-state index is 0.0222. The molecule has 0 N–H and O–H groups in total. The monoisotopic (exact) mass is 400 g/mol. The number of ether oxygens (including phenoxy) is 1. The van der Waals surface area contributed by atoms with Crippen molar-refractivity contribution in [3.63, 3.8) is 0 Å². The van der Waals surface area contributed by atoms with E-state index in [2.05, 4.69) is 20.5 Å². The number of aromatic nitrogens is 5. The molecule has 4 rings (SSSR count). The highest BCUT2D eigenvalue weighted by Gasteiger charge is 2.28. The topological polar surface area (TPSA) is 99.2 Å². The first-order valence-electron chi connectivity index (χ1n) is 9.36.